The van der Waals surface area contributed by atoms with Gasteiger partial charge in [0.25, 0.3) is 0 Å². The average molecular weight is 251 g/mol. The highest BCUT2D eigenvalue weighted by atomic mass is 16.5. The Morgan fingerprint density at radius 3 is 2.94 bits per heavy atom. The fraction of sp³-hybridized carbons (Fsp3) is 0.786. The van der Waals surface area contributed by atoms with Crippen LogP contribution in [-0.2, 0) is 17.8 Å². The summed E-state index contributed by atoms with van der Waals surface area (Å²) in [5.41, 5.74) is 1.75. The predicted molar refractivity (Wildman–Crippen MR) is 72.4 cm³/mol. The van der Waals surface area contributed by atoms with E-state index < -0.39 is 0 Å². The molecule has 4 heteroatoms. The number of imidazole rings is 1. The second-order valence-electron chi connectivity index (χ2n) is 5.70. The highest BCUT2D eigenvalue weighted by molar-refractivity contribution is 4.99. The summed E-state index contributed by atoms with van der Waals surface area (Å²) < 4.78 is 7.34. The van der Waals surface area contributed by atoms with Crippen LogP contribution >= 0.6 is 0 Å². The molecule has 1 N–H and O–H groups in total. The summed E-state index contributed by atoms with van der Waals surface area (Å²) in [5.74, 6) is 0. The highest BCUT2D eigenvalue weighted by Crippen LogP contribution is 2.39. The Balaban J connectivity index is 1.87. The zero-order chi connectivity index (χ0) is 12.8. The van der Waals surface area contributed by atoms with Crippen LogP contribution in [-0.4, -0.2) is 29.8 Å². The molecular formula is C14H25N3O. The van der Waals surface area contributed by atoms with Gasteiger partial charge >= 0.3 is 0 Å². The first kappa shape index (κ1) is 13.6. The van der Waals surface area contributed by atoms with Crippen LogP contribution in [0.4, 0.5) is 0 Å². The molecule has 102 valence electrons. The molecule has 1 aliphatic carbocycles. The largest absolute Gasteiger partial charge is 0.383 e. The summed E-state index contributed by atoms with van der Waals surface area (Å²) in [6.07, 6.45) is 9.40. The van der Waals surface area contributed by atoms with Crippen molar-refractivity contribution < 1.29 is 4.74 Å². The van der Waals surface area contributed by atoms with Gasteiger partial charge in [0.2, 0.25) is 0 Å². The van der Waals surface area contributed by atoms with Crippen molar-refractivity contribution in [2.24, 2.45) is 5.41 Å². The molecule has 0 aliphatic heterocycles. The molecule has 0 radical (unpaired) electrons. The highest BCUT2D eigenvalue weighted by Gasteiger charge is 2.29. The minimum Gasteiger partial charge on any atom is -0.383 e. The SMILES string of the molecule is COCCNCc1cncn1CC1(C)CCCC1. The minimum atomic E-state index is 0.474. The van der Waals surface area contributed by atoms with Crippen LogP contribution in [0, 0.1) is 5.41 Å². The van der Waals surface area contributed by atoms with Crippen molar-refractivity contribution in [1.82, 2.24) is 14.9 Å². The van der Waals surface area contributed by atoms with Crippen LogP contribution in [0.5, 0.6) is 0 Å². The molecule has 4 nitrogen and oxygen atoms in total. The topological polar surface area (TPSA) is 39.1 Å². The van der Waals surface area contributed by atoms with E-state index in [1.54, 1.807) is 7.11 Å². The maximum absolute atomic E-state index is 5.03. The third-order valence-corrected chi connectivity index (χ3v) is 3.95. The van der Waals surface area contributed by atoms with Crippen molar-refractivity contribution in [2.45, 2.75) is 45.7 Å². The van der Waals surface area contributed by atoms with Crippen molar-refractivity contribution in [3.05, 3.63) is 18.2 Å². The van der Waals surface area contributed by atoms with E-state index in [4.69, 9.17) is 4.74 Å². The van der Waals surface area contributed by atoms with Crippen LogP contribution in [0.3, 0.4) is 0 Å². The van der Waals surface area contributed by atoms with Gasteiger partial charge in [-0.3, -0.25) is 0 Å². The lowest BCUT2D eigenvalue weighted by Crippen LogP contribution is -2.24. The van der Waals surface area contributed by atoms with Crippen molar-refractivity contribution in [1.29, 1.82) is 0 Å². The van der Waals surface area contributed by atoms with Gasteiger partial charge in [-0.15, -0.1) is 0 Å². The van der Waals surface area contributed by atoms with Crippen LogP contribution < -0.4 is 5.32 Å². The molecule has 2 rings (SSSR count). The van der Waals surface area contributed by atoms with E-state index in [2.05, 4.69) is 21.8 Å². The molecule has 1 aliphatic rings. The lowest BCUT2D eigenvalue weighted by atomic mass is 9.89. The minimum absolute atomic E-state index is 0.474. The summed E-state index contributed by atoms with van der Waals surface area (Å²) in [4.78, 5) is 4.29. The third-order valence-electron chi connectivity index (χ3n) is 3.95. The van der Waals surface area contributed by atoms with E-state index in [0.717, 1.165) is 26.2 Å². The van der Waals surface area contributed by atoms with E-state index >= 15 is 0 Å². The fourth-order valence-electron chi connectivity index (χ4n) is 2.83. The number of hydrogen-bond donors (Lipinski definition) is 1. The van der Waals surface area contributed by atoms with Gasteiger partial charge in [-0.05, 0) is 18.3 Å². The van der Waals surface area contributed by atoms with Gasteiger partial charge in [-0.2, -0.15) is 0 Å². The second-order valence-corrected chi connectivity index (χ2v) is 5.70. The smallest absolute Gasteiger partial charge is 0.0948 e. The molecule has 0 saturated heterocycles. The summed E-state index contributed by atoms with van der Waals surface area (Å²) in [5, 5.41) is 3.38. The number of methoxy groups -OCH3 is 1. The van der Waals surface area contributed by atoms with E-state index in [1.165, 1.54) is 31.4 Å². The molecular weight excluding hydrogens is 226 g/mol. The predicted octanol–water partition coefficient (Wildman–Crippen LogP) is 2.20. The Hall–Kier alpha value is -0.870. The standard InChI is InChI=1S/C14H25N3O/c1-14(5-3-4-6-14)11-17-12-16-10-13(17)9-15-7-8-18-2/h10,12,15H,3-9,11H2,1-2H3. The van der Waals surface area contributed by atoms with Gasteiger partial charge in [0.1, 0.15) is 0 Å². The molecule has 1 aromatic heterocycles. The van der Waals surface area contributed by atoms with Gasteiger partial charge < -0.3 is 14.6 Å². The van der Waals surface area contributed by atoms with Gasteiger partial charge in [0.05, 0.1) is 18.6 Å². The first-order valence-corrected chi connectivity index (χ1v) is 6.92. The molecule has 0 atom stereocenters. The molecule has 1 fully saturated rings. The first-order chi connectivity index (χ1) is 8.73. The number of nitrogens with zero attached hydrogens (tertiary/aromatic N) is 2. The molecule has 0 aromatic carbocycles. The van der Waals surface area contributed by atoms with Crippen LogP contribution in [0.25, 0.3) is 0 Å². The molecule has 0 amide bonds. The summed E-state index contributed by atoms with van der Waals surface area (Å²) in [7, 11) is 1.73. The lowest BCUT2D eigenvalue weighted by Gasteiger charge is -2.25. The molecule has 0 unspecified atom stereocenters. The Kier molecular flexibility index (Phi) is 4.78. The van der Waals surface area contributed by atoms with Crippen LogP contribution in [0.15, 0.2) is 12.5 Å². The lowest BCUT2D eigenvalue weighted by molar-refractivity contribution is 0.198. The number of aromatic nitrogens is 2. The summed E-state index contributed by atoms with van der Waals surface area (Å²) >= 11 is 0. The van der Waals surface area contributed by atoms with Crippen molar-refractivity contribution in [3.8, 4) is 0 Å². The average Bonchev–Trinajstić information content (AvgIpc) is 2.95. The Bertz CT molecular complexity index is 356. The third kappa shape index (κ3) is 3.56. The Morgan fingerprint density at radius 1 is 1.44 bits per heavy atom. The van der Waals surface area contributed by atoms with E-state index in [0.29, 0.717) is 5.41 Å². The number of hydrogen-bond acceptors (Lipinski definition) is 3. The van der Waals surface area contributed by atoms with Gasteiger partial charge in [0, 0.05) is 32.9 Å². The number of nitrogens with one attached hydrogen (secondary N) is 1. The van der Waals surface area contributed by atoms with Gasteiger partial charge in [0.15, 0.2) is 0 Å². The number of rotatable bonds is 7. The van der Waals surface area contributed by atoms with E-state index in [1.807, 2.05) is 12.5 Å². The van der Waals surface area contributed by atoms with E-state index in [-0.39, 0.29) is 0 Å². The van der Waals surface area contributed by atoms with Crippen LogP contribution in [0.1, 0.15) is 38.3 Å². The van der Waals surface area contributed by atoms with Gasteiger partial charge in [-0.1, -0.05) is 19.8 Å². The molecule has 0 bridgehead atoms. The van der Waals surface area contributed by atoms with E-state index in [9.17, 15) is 0 Å². The Morgan fingerprint density at radius 2 is 2.22 bits per heavy atom. The normalized spacial score (nSPS) is 18.3. The summed E-state index contributed by atoms with van der Waals surface area (Å²) in [6, 6.07) is 0. The molecule has 18 heavy (non-hydrogen) atoms. The van der Waals surface area contributed by atoms with Gasteiger partial charge in [-0.25, -0.2) is 4.98 Å². The fourth-order valence-corrected chi connectivity index (χ4v) is 2.83. The summed E-state index contributed by atoms with van der Waals surface area (Å²) in [6.45, 7) is 6.03. The number of ether oxygens (including phenoxy) is 1. The van der Waals surface area contributed by atoms with Crippen molar-refractivity contribution in [3.63, 3.8) is 0 Å². The molecule has 1 aromatic rings. The molecule has 0 spiro atoms. The maximum atomic E-state index is 5.03. The second kappa shape index (κ2) is 6.34. The van der Waals surface area contributed by atoms with Crippen molar-refractivity contribution >= 4 is 0 Å². The first-order valence-electron chi connectivity index (χ1n) is 6.92. The quantitative estimate of drug-likeness (QED) is 0.755. The Labute approximate surface area is 110 Å². The van der Waals surface area contributed by atoms with Crippen molar-refractivity contribution in [2.75, 3.05) is 20.3 Å². The zero-order valence-electron chi connectivity index (χ0n) is 11.6. The maximum Gasteiger partial charge on any atom is 0.0948 e. The van der Waals surface area contributed by atoms with Crippen LogP contribution in [0.2, 0.25) is 0 Å². The molecule has 1 heterocycles. The zero-order valence-corrected chi connectivity index (χ0v) is 11.6. The monoisotopic (exact) mass is 251 g/mol. The molecule has 1 saturated carbocycles.